The first-order valence-electron chi connectivity index (χ1n) is 5.48. The van der Waals surface area contributed by atoms with Crippen LogP contribution in [0.4, 0.5) is 0 Å². The zero-order chi connectivity index (χ0) is 11.5. The number of fused-ring (bicyclic) bond motifs is 1. The summed E-state index contributed by atoms with van der Waals surface area (Å²) < 4.78 is 6.70. The van der Waals surface area contributed by atoms with Crippen molar-refractivity contribution >= 4 is 11.6 Å². The molecule has 0 amide bonds. The second kappa shape index (κ2) is 4.38. The number of carbonyl (C=O) groups excluding carboxylic acids is 1. The lowest BCUT2D eigenvalue weighted by Gasteiger charge is -1.96. The standard InChI is InChI=1S/C11H15N3O2/c1-3-5-8-7-14-10(13-8)9(6-12-14)11(15)16-4-2/h6-7,12H,3-5H2,1-2H3. The number of hydrogen-bond acceptors (Lipinski definition) is 3. The van der Waals surface area contributed by atoms with Crippen LogP contribution in [0, 0.1) is 0 Å². The van der Waals surface area contributed by atoms with Crippen LogP contribution in [0.15, 0.2) is 12.4 Å². The number of carbonyl (C=O) groups is 1. The Morgan fingerprint density at radius 3 is 3.06 bits per heavy atom. The Morgan fingerprint density at radius 2 is 2.38 bits per heavy atom. The van der Waals surface area contributed by atoms with Crippen LogP contribution in [-0.2, 0) is 11.2 Å². The SMILES string of the molecule is CCCc1cn2[nH]cc(C(=O)OCC)c2n1. The van der Waals surface area contributed by atoms with Crippen LogP contribution in [0.3, 0.4) is 0 Å². The number of imidazole rings is 1. The van der Waals surface area contributed by atoms with Gasteiger partial charge in [-0.1, -0.05) is 13.3 Å². The number of hydrogen-bond donors (Lipinski definition) is 1. The molecule has 0 radical (unpaired) electrons. The van der Waals surface area contributed by atoms with E-state index < -0.39 is 0 Å². The maximum absolute atomic E-state index is 11.6. The van der Waals surface area contributed by atoms with Crippen LogP contribution in [0.1, 0.15) is 36.3 Å². The fraction of sp³-hybridized carbons (Fsp3) is 0.455. The summed E-state index contributed by atoms with van der Waals surface area (Å²) in [6, 6.07) is 0. The maximum Gasteiger partial charge on any atom is 0.343 e. The van der Waals surface area contributed by atoms with Crippen LogP contribution in [-0.4, -0.2) is 27.2 Å². The number of nitrogens with zero attached hydrogens (tertiary/aromatic N) is 2. The highest BCUT2D eigenvalue weighted by Crippen LogP contribution is 2.12. The molecule has 0 spiro atoms. The van der Waals surface area contributed by atoms with Crippen molar-refractivity contribution in [3.8, 4) is 0 Å². The Kier molecular flexibility index (Phi) is 2.94. The molecule has 5 nitrogen and oxygen atoms in total. The quantitative estimate of drug-likeness (QED) is 0.801. The molecule has 2 aromatic heterocycles. The lowest BCUT2D eigenvalue weighted by molar-refractivity contribution is 0.0528. The van der Waals surface area contributed by atoms with E-state index in [1.165, 1.54) is 0 Å². The van der Waals surface area contributed by atoms with Gasteiger partial charge in [0.2, 0.25) is 0 Å². The zero-order valence-corrected chi connectivity index (χ0v) is 9.49. The molecule has 86 valence electrons. The van der Waals surface area contributed by atoms with Gasteiger partial charge in [-0.25, -0.2) is 14.3 Å². The number of aromatic nitrogens is 3. The second-order valence-electron chi connectivity index (χ2n) is 3.58. The summed E-state index contributed by atoms with van der Waals surface area (Å²) in [4.78, 5) is 16.0. The average molecular weight is 221 g/mol. The van der Waals surface area contributed by atoms with Gasteiger partial charge in [-0.15, -0.1) is 0 Å². The minimum absolute atomic E-state index is 0.331. The second-order valence-corrected chi connectivity index (χ2v) is 3.58. The van der Waals surface area contributed by atoms with E-state index in [-0.39, 0.29) is 5.97 Å². The number of esters is 1. The zero-order valence-electron chi connectivity index (χ0n) is 9.49. The Bertz CT molecular complexity index is 498. The highest BCUT2D eigenvalue weighted by molar-refractivity contribution is 5.95. The number of rotatable bonds is 4. The number of aryl methyl sites for hydroxylation is 1. The molecule has 2 heterocycles. The lowest BCUT2D eigenvalue weighted by atomic mass is 10.3. The van der Waals surface area contributed by atoms with Crippen molar-refractivity contribution in [2.75, 3.05) is 6.61 Å². The van der Waals surface area contributed by atoms with E-state index in [2.05, 4.69) is 17.0 Å². The summed E-state index contributed by atoms with van der Waals surface area (Å²) in [7, 11) is 0. The highest BCUT2D eigenvalue weighted by atomic mass is 16.5. The van der Waals surface area contributed by atoms with Gasteiger partial charge >= 0.3 is 5.97 Å². The molecule has 0 aromatic carbocycles. The summed E-state index contributed by atoms with van der Waals surface area (Å²) >= 11 is 0. The van der Waals surface area contributed by atoms with Gasteiger partial charge in [0.15, 0.2) is 5.65 Å². The van der Waals surface area contributed by atoms with Crippen molar-refractivity contribution in [2.24, 2.45) is 0 Å². The molecule has 2 aromatic rings. The minimum atomic E-state index is -0.331. The number of H-pyrrole nitrogens is 1. The third-order valence-electron chi connectivity index (χ3n) is 2.35. The largest absolute Gasteiger partial charge is 0.462 e. The van der Waals surface area contributed by atoms with E-state index in [9.17, 15) is 4.79 Å². The predicted molar refractivity (Wildman–Crippen MR) is 59.5 cm³/mol. The molecule has 0 aliphatic heterocycles. The Morgan fingerprint density at radius 1 is 1.56 bits per heavy atom. The van der Waals surface area contributed by atoms with E-state index in [1.54, 1.807) is 17.6 Å². The third kappa shape index (κ3) is 1.80. The van der Waals surface area contributed by atoms with Crippen LogP contribution >= 0.6 is 0 Å². The number of aromatic amines is 1. The summed E-state index contributed by atoms with van der Waals surface area (Å²) in [6.45, 7) is 4.26. The summed E-state index contributed by atoms with van der Waals surface area (Å²) in [5, 5.41) is 2.96. The molecule has 0 unspecified atom stereocenters. The van der Waals surface area contributed by atoms with Crippen molar-refractivity contribution in [3.63, 3.8) is 0 Å². The summed E-state index contributed by atoms with van der Waals surface area (Å²) in [6.07, 6.45) is 5.48. The van der Waals surface area contributed by atoms with E-state index in [0.29, 0.717) is 17.8 Å². The summed E-state index contributed by atoms with van der Waals surface area (Å²) in [5.74, 6) is -0.331. The number of ether oxygens (including phenoxy) is 1. The summed E-state index contributed by atoms with van der Waals surface area (Å²) in [5.41, 5.74) is 2.12. The molecule has 1 N–H and O–H groups in total. The van der Waals surface area contributed by atoms with E-state index in [1.807, 2.05) is 6.20 Å². The van der Waals surface area contributed by atoms with Gasteiger partial charge in [0, 0.05) is 6.20 Å². The first-order valence-corrected chi connectivity index (χ1v) is 5.48. The molecule has 0 saturated carbocycles. The van der Waals surface area contributed by atoms with Crippen molar-refractivity contribution in [3.05, 3.63) is 23.7 Å². The number of nitrogens with one attached hydrogen (secondary N) is 1. The lowest BCUT2D eigenvalue weighted by Crippen LogP contribution is -2.04. The molecular weight excluding hydrogens is 206 g/mol. The van der Waals surface area contributed by atoms with Gasteiger partial charge in [0.1, 0.15) is 5.56 Å². The van der Waals surface area contributed by atoms with Crippen LogP contribution in [0.5, 0.6) is 0 Å². The molecule has 2 rings (SSSR count). The van der Waals surface area contributed by atoms with Gasteiger partial charge in [-0.3, -0.25) is 5.10 Å². The first kappa shape index (κ1) is 10.7. The van der Waals surface area contributed by atoms with Crippen molar-refractivity contribution in [1.29, 1.82) is 0 Å². The smallest absolute Gasteiger partial charge is 0.343 e. The van der Waals surface area contributed by atoms with E-state index in [4.69, 9.17) is 4.74 Å². The van der Waals surface area contributed by atoms with Crippen molar-refractivity contribution < 1.29 is 9.53 Å². The maximum atomic E-state index is 11.6. The molecule has 0 aliphatic rings. The van der Waals surface area contributed by atoms with Crippen molar-refractivity contribution in [2.45, 2.75) is 26.7 Å². The van der Waals surface area contributed by atoms with Gasteiger partial charge in [-0.2, -0.15) is 0 Å². The van der Waals surface area contributed by atoms with Gasteiger partial charge in [0.25, 0.3) is 0 Å². The van der Waals surface area contributed by atoms with Crippen LogP contribution in [0.2, 0.25) is 0 Å². The predicted octanol–water partition coefficient (Wildman–Crippen LogP) is 1.79. The minimum Gasteiger partial charge on any atom is -0.462 e. The van der Waals surface area contributed by atoms with Crippen LogP contribution < -0.4 is 0 Å². The van der Waals surface area contributed by atoms with Gasteiger partial charge in [-0.05, 0) is 13.3 Å². The van der Waals surface area contributed by atoms with Gasteiger partial charge in [0.05, 0.1) is 18.5 Å². The van der Waals surface area contributed by atoms with Crippen molar-refractivity contribution in [1.82, 2.24) is 14.6 Å². The monoisotopic (exact) mass is 221 g/mol. The molecule has 0 saturated heterocycles. The van der Waals surface area contributed by atoms with E-state index >= 15 is 0 Å². The molecule has 0 fully saturated rings. The normalized spacial score (nSPS) is 10.9. The molecule has 0 atom stereocenters. The molecule has 5 heteroatoms. The molecule has 0 bridgehead atoms. The van der Waals surface area contributed by atoms with Crippen LogP contribution in [0.25, 0.3) is 5.65 Å². The topological polar surface area (TPSA) is 59.4 Å². The fourth-order valence-electron chi connectivity index (χ4n) is 1.65. The Labute approximate surface area is 93.4 Å². The third-order valence-corrected chi connectivity index (χ3v) is 2.35. The fourth-order valence-corrected chi connectivity index (χ4v) is 1.65. The van der Waals surface area contributed by atoms with E-state index in [0.717, 1.165) is 18.5 Å². The molecule has 0 aliphatic carbocycles. The Balaban J connectivity index is 2.35. The highest BCUT2D eigenvalue weighted by Gasteiger charge is 2.15. The molecular formula is C11H15N3O2. The Hall–Kier alpha value is -1.78. The average Bonchev–Trinajstić information content (AvgIpc) is 2.77. The molecule has 16 heavy (non-hydrogen) atoms. The first-order chi connectivity index (χ1) is 7.76. The van der Waals surface area contributed by atoms with Gasteiger partial charge < -0.3 is 4.74 Å².